The predicted molar refractivity (Wildman–Crippen MR) is 148 cm³/mol. The highest BCUT2D eigenvalue weighted by Crippen LogP contribution is 2.28. The number of nitrogens with one attached hydrogen (secondary N) is 1. The van der Waals surface area contributed by atoms with Gasteiger partial charge in [-0.1, -0.05) is 18.2 Å². The van der Waals surface area contributed by atoms with Crippen LogP contribution in [0.2, 0.25) is 0 Å². The van der Waals surface area contributed by atoms with Crippen LogP contribution >= 0.6 is 0 Å². The van der Waals surface area contributed by atoms with Gasteiger partial charge in [0, 0.05) is 26.2 Å². The number of carbonyl (C=O) groups excluding carboxylic acids is 1. The van der Waals surface area contributed by atoms with Gasteiger partial charge in [-0.3, -0.25) is 0 Å². The summed E-state index contributed by atoms with van der Waals surface area (Å²) < 4.78 is 11.0. The summed E-state index contributed by atoms with van der Waals surface area (Å²) in [5.74, 6) is 2.13. The van der Waals surface area contributed by atoms with Gasteiger partial charge in [-0.25, -0.2) is 10.2 Å². The van der Waals surface area contributed by atoms with Crippen molar-refractivity contribution in [3.05, 3.63) is 59.7 Å². The first-order valence-electron chi connectivity index (χ1n) is 13.2. The molecule has 1 aromatic heterocycles. The van der Waals surface area contributed by atoms with Gasteiger partial charge in [0.25, 0.3) is 0 Å². The first-order valence-corrected chi connectivity index (χ1v) is 13.2. The molecule has 0 bridgehead atoms. The van der Waals surface area contributed by atoms with E-state index in [0.717, 1.165) is 57.4 Å². The Hall–Kier alpha value is -4.21. The summed E-state index contributed by atoms with van der Waals surface area (Å²) in [5.41, 5.74) is 4.21. The van der Waals surface area contributed by atoms with E-state index in [0.29, 0.717) is 34.9 Å². The van der Waals surface area contributed by atoms with Crippen LogP contribution in [0.15, 0.2) is 53.6 Å². The molecule has 3 aromatic rings. The molecule has 198 valence electrons. The molecule has 0 unspecified atom stereocenters. The van der Waals surface area contributed by atoms with Crippen LogP contribution < -0.4 is 24.7 Å². The van der Waals surface area contributed by atoms with Crippen molar-refractivity contribution < 1.29 is 14.3 Å². The molecule has 2 aliphatic rings. The highest BCUT2D eigenvalue weighted by atomic mass is 16.6. The van der Waals surface area contributed by atoms with E-state index in [1.807, 2.05) is 6.07 Å². The van der Waals surface area contributed by atoms with E-state index < -0.39 is 5.97 Å². The number of rotatable bonds is 8. The van der Waals surface area contributed by atoms with Gasteiger partial charge in [0.05, 0.1) is 18.9 Å². The molecule has 3 heterocycles. The quantitative estimate of drug-likeness (QED) is 0.201. The number of piperidine rings is 2. The van der Waals surface area contributed by atoms with Gasteiger partial charge in [-0.2, -0.15) is 20.1 Å². The molecule has 10 nitrogen and oxygen atoms in total. The highest BCUT2D eigenvalue weighted by molar-refractivity contribution is 5.91. The van der Waals surface area contributed by atoms with E-state index in [2.05, 4.69) is 30.3 Å². The monoisotopic (exact) mass is 515 g/mol. The fourth-order valence-corrected chi connectivity index (χ4v) is 4.62. The van der Waals surface area contributed by atoms with E-state index in [9.17, 15) is 4.79 Å². The fraction of sp³-hybridized carbons (Fsp3) is 0.393. The lowest BCUT2D eigenvalue weighted by molar-refractivity contribution is 0.0729. The maximum Gasteiger partial charge on any atom is 0.343 e. The van der Waals surface area contributed by atoms with Gasteiger partial charge < -0.3 is 19.3 Å². The summed E-state index contributed by atoms with van der Waals surface area (Å²) in [6, 6.07) is 14.1. The number of methoxy groups -OCH3 is 1. The largest absolute Gasteiger partial charge is 0.493 e. The molecule has 0 spiro atoms. The zero-order valence-corrected chi connectivity index (χ0v) is 21.7. The van der Waals surface area contributed by atoms with Crippen molar-refractivity contribution in [1.29, 1.82) is 0 Å². The molecule has 2 aromatic carbocycles. The Labute approximate surface area is 222 Å². The minimum absolute atomic E-state index is 0.335. The standard InChI is InChI=1S/C28H33N7O3/c1-37-24-19-21(13-14-23(24)38-25(36)22-11-5-2-6-12-22)20-29-33-26-30-27(34-15-7-3-8-16-34)32-28(31-26)35-17-9-4-10-18-35/h2,5-6,11-14,19-20H,3-4,7-10,15-18H2,1H3,(H,30,31,32,33)/b29-20-. The van der Waals surface area contributed by atoms with Crippen LogP contribution in [0.5, 0.6) is 11.5 Å². The van der Waals surface area contributed by atoms with Gasteiger partial charge >= 0.3 is 5.97 Å². The van der Waals surface area contributed by atoms with Gasteiger partial charge in [0.2, 0.25) is 17.8 Å². The lowest BCUT2D eigenvalue weighted by Gasteiger charge is -2.30. The maximum absolute atomic E-state index is 12.4. The molecule has 2 saturated heterocycles. The fourth-order valence-electron chi connectivity index (χ4n) is 4.62. The number of hydrazone groups is 1. The molecule has 1 N–H and O–H groups in total. The van der Waals surface area contributed by atoms with Crippen LogP contribution in [0.3, 0.4) is 0 Å². The Bertz CT molecular complexity index is 1220. The first kappa shape index (κ1) is 25.4. The Morgan fingerprint density at radius 3 is 2.08 bits per heavy atom. The SMILES string of the molecule is COc1cc(/C=N\Nc2nc(N3CCCCC3)nc(N3CCCCC3)n2)ccc1OC(=O)c1ccccc1. The Kier molecular flexibility index (Phi) is 8.27. The molecule has 2 aliphatic heterocycles. The number of esters is 1. The van der Waals surface area contributed by atoms with Crippen molar-refractivity contribution in [2.45, 2.75) is 38.5 Å². The zero-order valence-electron chi connectivity index (χ0n) is 21.7. The van der Waals surface area contributed by atoms with E-state index >= 15 is 0 Å². The average Bonchev–Trinajstić information content (AvgIpc) is 2.99. The van der Waals surface area contributed by atoms with Crippen LogP contribution in [0.4, 0.5) is 17.8 Å². The minimum Gasteiger partial charge on any atom is -0.493 e. The predicted octanol–water partition coefficient (Wildman–Crippen LogP) is 4.53. The number of carbonyl (C=O) groups is 1. The third-order valence-electron chi connectivity index (χ3n) is 6.67. The third-order valence-corrected chi connectivity index (χ3v) is 6.67. The molecule has 0 aliphatic carbocycles. The lowest BCUT2D eigenvalue weighted by Crippen LogP contribution is -2.34. The molecule has 0 atom stereocenters. The lowest BCUT2D eigenvalue weighted by atomic mass is 10.1. The topological polar surface area (TPSA) is 105 Å². The number of hydrogen-bond donors (Lipinski definition) is 1. The number of nitrogens with zero attached hydrogens (tertiary/aromatic N) is 6. The van der Waals surface area contributed by atoms with Crippen LogP contribution in [0, 0.1) is 0 Å². The van der Waals surface area contributed by atoms with Crippen molar-refractivity contribution in [3.63, 3.8) is 0 Å². The second-order valence-corrected chi connectivity index (χ2v) is 9.39. The average molecular weight is 516 g/mol. The molecule has 5 rings (SSSR count). The zero-order chi connectivity index (χ0) is 26.2. The third kappa shape index (κ3) is 6.37. The molecule has 0 radical (unpaired) electrons. The number of ether oxygens (including phenoxy) is 2. The molecular formula is C28H33N7O3. The van der Waals surface area contributed by atoms with Crippen molar-refractivity contribution in [1.82, 2.24) is 15.0 Å². The summed E-state index contributed by atoms with van der Waals surface area (Å²) in [6.45, 7) is 3.81. The Morgan fingerprint density at radius 1 is 0.842 bits per heavy atom. The molecule has 0 saturated carbocycles. The molecule has 2 fully saturated rings. The van der Waals surface area contributed by atoms with Gasteiger partial charge in [-0.15, -0.1) is 0 Å². The van der Waals surface area contributed by atoms with Crippen LogP contribution in [0.1, 0.15) is 54.4 Å². The second kappa shape index (κ2) is 12.4. The summed E-state index contributed by atoms with van der Waals surface area (Å²) >= 11 is 0. The normalized spacial score (nSPS) is 15.9. The smallest absolute Gasteiger partial charge is 0.343 e. The van der Waals surface area contributed by atoms with E-state index in [1.54, 1.807) is 48.7 Å². The van der Waals surface area contributed by atoms with Crippen molar-refractivity contribution >= 4 is 30.0 Å². The molecular weight excluding hydrogens is 482 g/mol. The van der Waals surface area contributed by atoms with Crippen molar-refractivity contribution in [3.8, 4) is 11.5 Å². The van der Waals surface area contributed by atoms with Crippen LogP contribution in [0.25, 0.3) is 0 Å². The number of anilines is 3. The second-order valence-electron chi connectivity index (χ2n) is 9.39. The van der Waals surface area contributed by atoms with Gasteiger partial charge in [0.1, 0.15) is 0 Å². The van der Waals surface area contributed by atoms with Gasteiger partial charge in [0.15, 0.2) is 11.5 Å². The first-order chi connectivity index (χ1) is 18.7. The van der Waals surface area contributed by atoms with Crippen molar-refractivity contribution in [2.75, 3.05) is 48.5 Å². The van der Waals surface area contributed by atoms with Crippen LogP contribution in [-0.4, -0.2) is 60.4 Å². The molecule has 0 amide bonds. The van der Waals surface area contributed by atoms with E-state index in [-0.39, 0.29) is 0 Å². The summed E-state index contributed by atoms with van der Waals surface area (Å²) in [7, 11) is 1.53. The minimum atomic E-state index is -0.448. The summed E-state index contributed by atoms with van der Waals surface area (Å²) in [5, 5.41) is 4.37. The highest BCUT2D eigenvalue weighted by Gasteiger charge is 2.20. The van der Waals surface area contributed by atoms with Crippen molar-refractivity contribution in [2.24, 2.45) is 5.10 Å². The van der Waals surface area contributed by atoms with E-state index in [4.69, 9.17) is 14.5 Å². The maximum atomic E-state index is 12.4. The molecule has 38 heavy (non-hydrogen) atoms. The number of aromatic nitrogens is 3. The number of benzene rings is 2. The van der Waals surface area contributed by atoms with Crippen LogP contribution in [-0.2, 0) is 0 Å². The summed E-state index contributed by atoms with van der Waals surface area (Å²) in [6.07, 6.45) is 8.70. The van der Waals surface area contributed by atoms with E-state index in [1.165, 1.54) is 20.0 Å². The Morgan fingerprint density at radius 2 is 1.47 bits per heavy atom. The molecule has 10 heteroatoms. The van der Waals surface area contributed by atoms with Gasteiger partial charge in [-0.05, 0) is 74.4 Å². The Balaban J connectivity index is 1.30. The summed E-state index contributed by atoms with van der Waals surface area (Å²) in [4.78, 5) is 31.0. The number of hydrogen-bond acceptors (Lipinski definition) is 10.